The zero-order valence-electron chi connectivity index (χ0n) is 5.54. The van der Waals surface area contributed by atoms with Gasteiger partial charge in [0.1, 0.15) is 0 Å². The van der Waals surface area contributed by atoms with Gasteiger partial charge in [-0.2, -0.15) is 8.42 Å². The van der Waals surface area contributed by atoms with Crippen molar-refractivity contribution >= 4 is 22.0 Å². The first-order chi connectivity index (χ1) is 4.62. The minimum Gasteiger partial charge on any atom is -0.248 e. The van der Waals surface area contributed by atoms with Crippen molar-refractivity contribution in [2.24, 2.45) is 0 Å². The molecule has 10 heavy (non-hydrogen) atoms. The molecule has 4 nitrogen and oxygen atoms in total. The zero-order valence-corrected chi connectivity index (χ0v) is 7.11. The van der Waals surface area contributed by atoms with Gasteiger partial charge in [0.25, 0.3) is 0 Å². The maximum atomic E-state index is 10.5. The third kappa shape index (κ3) is 4.99. The van der Waals surface area contributed by atoms with E-state index >= 15 is 0 Å². The summed E-state index contributed by atoms with van der Waals surface area (Å²) in [6, 6.07) is 0. The Morgan fingerprint density at radius 1 is 1.40 bits per heavy atom. The fourth-order valence-electron chi connectivity index (χ4n) is 0.312. The molecule has 0 aliphatic heterocycles. The van der Waals surface area contributed by atoms with E-state index in [2.05, 4.69) is 8.37 Å². The lowest BCUT2D eigenvalue weighted by molar-refractivity contribution is 0.232. The molecule has 0 saturated heterocycles. The third-order valence-corrected chi connectivity index (χ3v) is 1.70. The van der Waals surface area contributed by atoms with Crippen LogP contribution >= 0.6 is 11.6 Å². The van der Waals surface area contributed by atoms with Gasteiger partial charge < -0.3 is 0 Å². The second kappa shape index (κ2) is 4.90. The van der Waals surface area contributed by atoms with Gasteiger partial charge in [0.2, 0.25) is 0 Å². The summed E-state index contributed by atoms with van der Waals surface area (Å²) in [7, 11) is -3.78. The molecule has 6 heteroatoms. The summed E-state index contributed by atoms with van der Waals surface area (Å²) in [5.41, 5.74) is 0. The van der Waals surface area contributed by atoms with Gasteiger partial charge in [-0.15, -0.1) is 11.6 Å². The van der Waals surface area contributed by atoms with Gasteiger partial charge in [0.15, 0.2) is 0 Å². The van der Waals surface area contributed by atoms with E-state index in [-0.39, 0.29) is 19.1 Å². The summed E-state index contributed by atoms with van der Waals surface area (Å²) in [5.74, 6) is 0.131. The summed E-state index contributed by atoms with van der Waals surface area (Å²) in [6.45, 7) is 1.58. The first kappa shape index (κ1) is 10.2. The Hall–Kier alpha value is 0.160. The lowest BCUT2D eigenvalue weighted by atomic mass is 10.9. The molecular formula is C4H9ClO4S. The first-order valence-corrected chi connectivity index (χ1v) is 4.59. The average Bonchev–Trinajstić information content (AvgIpc) is 1.84. The van der Waals surface area contributed by atoms with Crippen molar-refractivity contribution in [2.75, 3.05) is 19.1 Å². The monoisotopic (exact) mass is 188 g/mol. The molecule has 0 atom stereocenters. The molecule has 0 bridgehead atoms. The number of hydrogen-bond acceptors (Lipinski definition) is 4. The molecule has 0 aliphatic carbocycles. The van der Waals surface area contributed by atoms with Crippen molar-refractivity contribution < 1.29 is 16.8 Å². The summed E-state index contributed by atoms with van der Waals surface area (Å²) >= 11 is 5.16. The van der Waals surface area contributed by atoms with Crippen LogP contribution in [-0.4, -0.2) is 27.5 Å². The Bertz CT molecular complexity index is 164. The highest BCUT2D eigenvalue weighted by Gasteiger charge is 2.08. The quantitative estimate of drug-likeness (QED) is 0.591. The minimum atomic E-state index is -3.78. The summed E-state index contributed by atoms with van der Waals surface area (Å²) in [4.78, 5) is 0. The topological polar surface area (TPSA) is 52.6 Å². The molecule has 0 fully saturated rings. The molecule has 0 aromatic heterocycles. The fourth-order valence-corrected chi connectivity index (χ4v) is 1.12. The van der Waals surface area contributed by atoms with Crippen LogP contribution in [0.25, 0.3) is 0 Å². The molecule has 0 spiro atoms. The van der Waals surface area contributed by atoms with Crippen LogP contribution in [0.3, 0.4) is 0 Å². The van der Waals surface area contributed by atoms with Crippen LogP contribution in [0.2, 0.25) is 0 Å². The van der Waals surface area contributed by atoms with Gasteiger partial charge in [-0.3, -0.25) is 0 Å². The largest absolute Gasteiger partial charge is 0.399 e. The molecule has 0 heterocycles. The molecule has 0 amide bonds. The molecule has 62 valence electrons. The molecule has 0 radical (unpaired) electrons. The molecule has 0 unspecified atom stereocenters. The summed E-state index contributed by atoms with van der Waals surface area (Å²) in [6.07, 6.45) is 0. The van der Waals surface area contributed by atoms with Crippen LogP contribution in [0.1, 0.15) is 6.92 Å². The first-order valence-electron chi connectivity index (χ1n) is 2.72. The zero-order chi connectivity index (χ0) is 8.04. The normalized spacial score (nSPS) is 11.8. The van der Waals surface area contributed by atoms with Gasteiger partial charge in [-0.1, -0.05) is 0 Å². The third-order valence-electron chi connectivity index (χ3n) is 0.567. The van der Waals surface area contributed by atoms with Crippen molar-refractivity contribution in [2.45, 2.75) is 6.92 Å². The molecule has 0 rings (SSSR count). The van der Waals surface area contributed by atoms with Crippen LogP contribution in [0.5, 0.6) is 0 Å². The molecule has 0 saturated carbocycles. The number of rotatable bonds is 5. The SMILES string of the molecule is CCOS(=O)(=O)OCCCl. The molecule has 0 aliphatic rings. The summed E-state index contributed by atoms with van der Waals surface area (Å²) < 4.78 is 29.4. The second-order valence-corrected chi connectivity index (χ2v) is 2.99. The van der Waals surface area contributed by atoms with Crippen molar-refractivity contribution in [1.29, 1.82) is 0 Å². The van der Waals surface area contributed by atoms with E-state index in [1.54, 1.807) is 6.92 Å². The second-order valence-electron chi connectivity index (χ2n) is 1.33. The van der Waals surface area contributed by atoms with Crippen LogP contribution in [0, 0.1) is 0 Å². The lowest BCUT2D eigenvalue weighted by Crippen LogP contribution is -2.11. The highest BCUT2D eigenvalue weighted by atomic mass is 35.5. The Morgan fingerprint density at radius 2 is 2.00 bits per heavy atom. The van der Waals surface area contributed by atoms with Gasteiger partial charge >= 0.3 is 10.4 Å². The molecule has 0 aromatic carbocycles. The van der Waals surface area contributed by atoms with Gasteiger partial charge in [-0.05, 0) is 6.92 Å². The van der Waals surface area contributed by atoms with E-state index in [0.29, 0.717) is 0 Å². The molecule has 0 aromatic rings. The van der Waals surface area contributed by atoms with Gasteiger partial charge in [-0.25, -0.2) is 8.37 Å². The molecular weight excluding hydrogens is 180 g/mol. The van der Waals surface area contributed by atoms with E-state index < -0.39 is 10.4 Å². The predicted molar refractivity (Wildman–Crippen MR) is 37.2 cm³/mol. The van der Waals surface area contributed by atoms with Crippen LogP contribution in [0.4, 0.5) is 0 Å². The smallest absolute Gasteiger partial charge is 0.248 e. The standard InChI is InChI=1S/C4H9ClO4S/c1-2-8-10(6,7)9-4-3-5/h2-4H2,1H3. The van der Waals surface area contributed by atoms with Crippen LogP contribution in [0.15, 0.2) is 0 Å². The summed E-state index contributed by atoms with van der Waals surface area (Å²) in [5, 5.41) is 0. The maximum absolute atomic E-state index is 10.5. The van der Waals surface area contributed by atoms with E-state index in [0.717, 1.165) is 0 Å². The van der Waals surface area contributed by atoms with E-state index in [9.17, 15) is 8.42 Å². The van der Waals surface area contributed by atoms with E-state index in [1.807, 2.05) is 0 Å². The average molecular weight is 189 g/mol. The highest BCUT2D eigenvalue weighted by Crippen LogP contribution is 1.94. The Kier molecular flexibility index (Phi) is 4.98. The Labute approximate surface area is 65.4 Å². The van der Waals surface area contributed by atoms with Crippen molar-refractivity contribution in [3.8, 4) is 0 Å². The lowest BCUT2D eigenvalue weighted by Gasteiger charge is -2.00. The van der Waals surface area contributed by atoms with Crippen LogP contribution < -0.4 is 0 Å². The van der Waals surface area contributed by atoms with Gasteiger partial charge in [0, 0.05) is 5.88 Å². The predicted octanol–water partition coefficient (Wildman–Crippen LogP) is 0.523. The van der Waals surface area contributed by atoms with Crippen molar-refractivity contribution in [3.05, 3.63) is 0 Å². The number of hydrogen-bond donors (Lipinski definition) is 0. The minimum absolute atomic E-state index is 0.0517. The highest BCUT2D eigenvalue weighted by molar-refractivity contribution is 7.81. The number of alkyl halides is 1. The Morgan fingerprint density at radius 3 is 2.40 bits per heavy atom. The fraction of sp³-hybridized carbons (Fsp3) is 1.00. The Balaban J connectivity index is 3.65. The van der Waals surface area contributed by atoms with Crippen molar-refractivity contribution in [1.82, 2.24) is 0 Å². The van der Waals surface area contributed by atoms with Crippen molar-refractivity contribution in [3.63, 3.8) is 0 Å². The van der Waals surface area contributed by atoms with Gasteiger partial charge in [0.05, 0.1) is 13.2 Å². The van der Waals surface area contributed by atoms with Crippen LogP contribution in [-0.2, 0) is 18.8 Å². The van der Waals surface area contributed by atoms with E-state index in [4.69, 9.17) is 11.6 Å². The molecule has 0 N–H and O–H groups in total. The maximum Gasteiger partial charge on any atom is 0.399 e. The number of halogens is 1. The van der Waals surface area contributed by atoms with E-state index in [1.165, 1.54) is 0 Å².